The quantitative estimate of drug-likeness (QED) is 0.662. The van der Waals surface area contributed by atoms with Crippen LogP contribution in [0.2, 0.25) is 0 Å². The first-order chi connectivity index (χ1) is 14.0. The van der Waals surface area contributed by atoms with Crippen LogP contribution in [0.15, 0.2) is 60.7 Å². The number of hydrogen-bond acceptors (Lipinski definition) is 3. The van der Waals surface area contributed by atoms with Crippen molar-refractivity contribution in [2.75, 3.05) is 11.9 Å². The van der Waals surface area contributed by atoms with Gasteiger partial charge in [0.15, 0.2) is 0 Å². The van der Waals surface area contributed by atoms with Crippen molar-refractivity contribution in [3.05, 3.63) is 77.6 Å². The zero-order valence-electron chi connectivity index (χ0n) is 16.7. The molecule has 2 N–H and O–H groups in total. The van der Waals surface area contributed by atoms with Gasteiger partial charge in [-0.05, 0) is 50.5 Å². The Labute approximate surface area is 170 Å². The highest BCUT2D eigenvalue weighted by atomic mass is 16.3. The predicted molar refractivity (Wildman–Crippen MR) is 113 cm³/mol. The second kappa shape index (κ2) is 8.09. The van der Waals surface area contributed by atoms with Crippen LogP contribution in [-0.4, -0.2) is 38.4 Å². The summed E-state index contributed by atoms with van der Waals surface area (Å²) in [6.07, 6.45) is 1.22. The molecule has 0 saturated heterocycles. The summed E-state index contributed by atoms with van der Waals surface area (Å²) >= 11 is 0. The Kier molecular flexibility index (Phi) is 5.36. The highest BCUT2D eigenvalue weighted by Gasteiger charge is 2.34. The number of amides is 2. The van der Waals surface area contributed by atoms with E-state index in [1.54, 1.807) is 4.90 Å². The molecule has 0 bridgehead atoms. The summed E-state index contributed by atoms with van der Waals surface area (Å²) in [6.45, 7) is 4.21. The van der Waals surface area contributed by atoms with Crippen LogP contribution in [0, 0.1) is 13.8 Å². The third-order valence-electron chi connectivity index (χ3n) is 5.19. The van der Waals surface area contributed by atoms with Gasteiger partial charge in [-0.25, -0.2) is 9.48 Å². The number of para-hydroxylation sites is 2. The summed E-state index contributed by atoms with van der Waals surface area (Å²) < 4.78 is 1.84. The lowest BCUT2D eigenvalue weighted by Gasteiger charge is -2.26. The monoisotopic (exact) mass is 390 g/mol. The Balaban J connectivity index is 1.54. The topological polar surface area (TPSA) is 70.4 Å². The number of aromatic nitrogens is 2. The SMILES string of the molecule is Cc1cc(C)n(-c2ccccc2NC(=O)N(C[C@H](O)c2ccccc2)C2CC2)n1. The van der Waals surface area contributed by atoms with Gasteiger partial charge in [0.25, 0.3) is 0 Å². The van der Waals surface area contributed by atoms with Crippen LogP contribution < -0.4 is 5.32 Å². The molecule has 1 saturated carbocycles. The molecule has 1 heterocycles. The molecule has 6 nitrogen and oxygen atoms in total. The molecule has 2 amide bonds. The molecule has 4 rings (SSSR count). The number of nitrogens with zero attached hydrogens (tertiary/aromatic N) is 3. The van der Waals surface area contributed by atoms with E-state index in [2.05, 4.69) is 10.4 Å². The van der Waals surface area contributed by atoms with Crippen molar-refractivity contribution in [2.24, 2.45) is 0 Å². The fourth-order valence-corrected chi connectivity index (χ4v) is 3.57. The first kappa shape index (κ1) is 19.2. The lowest BCUT2D eigenvalue weighted by Crippen LogP contribution is -2.39. The lowest BCUT2D eigenvalue weighted by molar-refractivity contribution is 0.123. The Hall–Kier alpha value is -3.12. The molecule has 0 spiro atoms. The van der Waals surface area contributed by atoms with Gasteiger partial charge < -0.3 is 15.3 Å². The van der Waals surface area contributed by atoms with Crippen molar-refractivity contribution in [3.63, 3.8) is 0 Å². The smallest absolute Gasteiger partial charge is 0.322 e. The number of urea groups is 1. The standard InChI is InChI=1S/C23H26N4O2/c1-16-14-17(2)27(25-16)21-11-7-6-10-20(21)24-23(29)26(19-12-13-19)15-22(28)18-8-4-3-5-9-18/h3-11,14,19,22,28H,12-13,15H2,1-2H3,(H,24,29)/t22-/m0/s1. The van der Waals surface area contributed by atoms with Crippen LogP contribution in [0.3, 0.4) is 0 Å². The molecular formula is C23H26N4O2. The molecule has 150 valence electrons. The number of carbonyl (C=O) groups excluding carboxylic acids is 1. The van der Waals surface area contributed by atoms with E-state index in [9.17, 15) is 9.90 Å². The van der Waals surface area contributed by atoms with Crippen LogP contribution in [0.4, 0.5) is 10.5 Å². The van der Waals surface area contributed by atoms with Gasteiger partial charge in [-0.3, -0.25) is 0 Å². The van der Waals surface area contributed by atoms with Crippen molar-refractivity contribution in [2.45, 2.75) is 38.8 Å². The van der Waals surface area contributed by atoms with E-state index in [1.807, 2.05) is 79.2 Å². The zero-order chi connectivity index (χ0) is 20.4. The normalized spacial score (nSPS) is 14.4. The highest BCUT2D eigenvalue weighted by molar-refractivity contribution is 5.92. The number of benzene rings is 2. The van der Waals surface area contributed by atoms with E-state index in [4.69, 9.17) is 0 Å². The van der Waals surface area contributed by atoms with E-state index < -0.39 is 6.10 Å². The number of carbonyl (C=O) groups is 1. The van der Waals surface area contributed by atoms with E-state index in [-0.39, 0.29) is 18.6 Å². The van der Waals surface area contributed by atoms with Gasteiger partial charge in [-0.1, -0.05) is 42.5 Å². The van der Waals surface area contributed by atoms with E-state index in [1.165, 1.54) is 0 Å². The Morgan fingerprint density at radius 2 is 1.86 bits per heavy atom. The van der Waals surface area contributed by atoms with E-state index in [0.717, 1.165) is 35.5 Å². The summed E-state index contributed by atoms with van der Waals surface area (Å²) in [5, 5.41) is 18.2. The van der Waals surface area contributed by atoms with Crippen LogP contribution in [0.1, 0.15) is 35.9 Å². The number of hydrogen-bond donors (Lipinski definition) is 2. The Morgan fingerprint density at radius 1 is 1.17 bits per heavy atom. The van der Waals surface area contributed by atoms with E-state index >= 15 is 0 Å². The molecular weight excluding hydrogens is 364 g/mol. The molecule has 0 radical (unpaired) electrons. The molecule has 6 heteroatoms. The molecule has 1 aliphatic carbocycles. The first-order valence-corrected chi connectivity index (χ1v) is 9.96. The van der Waals surface area contributed by atoms with Gasteiger partial charge in [0.05, 0.1) is 29.7 Å². The Morgan fingerprint density at radius 3 is 2.52 bits per heavy atom. The van der Waals surface area contributed by atoms with Crippen molar-refractivity contribution < 1.29 is 9.90 Å². The molecule has 1 aromatic heterocycles. The lowest BCUT2D eigenvalue weighted by atomic mass is 10.1. The van der Waals surface area contributed by atoms with Crippen LogP contribution in [0.5, 0.6) is 0 Å². The van der Waals surface area contributed by atoms with Gasteiger partial charge in [0.1, 0.15) is 0 Å². The van der Waals surface area contributed by atoms with Crippen molar-refractivity contribution >= 4 is 11.7 Å². The first-order valence-electron chi connectivity index (χ1n) is 9.96. The average Bonchev–Trinajstić information content (AvgIpc) is 3.50. The van der Waals surface area contributed by atoms with Crippen LogP contribution in [-0.2, 0) is 0 Å². The largest absolute Gasteiger partial charge is 0.387 e. The minimum Gasteiger partial charge on any atom is -0.387 e. The minimum absolute atomic E-state index is 0.175. The predicted octanol–water partition coefficient (Wildman–Crippen LogP) is 4.22. The van der Waals surface area contributed by atoms with Crippen LogP contribution in [0.25, 0.3) is 5.69 Å². The molecule has 1 fully saturated rings. The second-order valence-corrected chi connectivity index (χ2v) is 7.60. The average molecular weight is 390 g/mol. The Bertz CT molecular complexity index is 995. The summed E-state index contributed by atoms with van der Waals surface area (Å²) in [4.78, 5) is 14.9. The summed E-state index contributed by atoms with van der Waals surface area (Å²) in [5.41, 5.74) is 4.26. The van der Waals surface area contributed by atoms with Crippen molar-refractivity contribution in [1.29, 1.82) is 0 Å². The molecule has 0 unspecified atom stereocenters. The molecule has 1 atom stereocenters. The number of anilines is 1. The summed E-state index contributed by atoms with van der Waals surface area (Å²) in [7, 11) is 0. The third kappa shape index (κ3) is 4.32. The molecule has 29 heavy (non-hydrogen) atoms. The number of nitrogens with one attached hydrogen (secondary N) is 1. The van der Waals surface area contributed by atoms with Crippen molar-refractivity contribution in [1.82, 2.24) is 14.7 Å². The van der Waals surface area contributed by atoms with Gasteiger partial charge in [0.2, 0.25) is 0 Å². The van der Waals surface area contributed by atoms with Gasteiger partial charge in [-0.15, -0.1) is 0 Å². The van der Waals surface area contributed by atoms with Crippen molar-refractivity contribution in [3.8, 4) is 5.69 Å². The fourth-order valence-electron chi connectivity index (χ4n) is 3.57. The minimum atomic E-state index is -0.714. The van der Waals surface area contributed by atoms with Gasteiger partial charge >= 0.3 is 6.03 Å². The summed E-state index contributed by atoms with van der Waals surface area (Å²) in [6, 6.07) is 19.1. The number of aliphatic hydroxyl groups excluding tert-OH is 1. The van der Waals surface area contributed by atoms with Gasteiger partial charge in [0, 0.05) is 11.7 Å². The van der Waals surface area contributed by atoms with Gasteiger partial charge in [-0.2, -0.15) is 5.10 Å². The van der Waals surface area contributed by atoms with Crippen LogP contribution >= 0.6 is 0 Å². The fraction of sp³-hybridized carbons (Fsp3) is 0.304. The second-order valence-electron chi connectivity index (χ2n) is 7.60. The molecule has 3 aromatic rings. The highest BCUT2D eigenvalue weighted by Crippen LogP contribution is 2.30. The number of aliphatic hydroxyl groups is 1. The number of rotatable bonds is 6. The van der Waals surface area contributed by atoms with E-state index in [0.29, 0.717) is 5.69 Å². The maximum atomic E-state index is 13.1. The maximum Gasteiger partial charge on any atom is 0.322 e. The molecule has 2 aromatic carbocycles. The third-order valence-corrected chi connectivity index (χ3v) is 5.19. The number of aryl methyl sites for hydroxylation is 2. The zero-order valence-corrected chi connectivity index (χ0v) is 16.7. The molecule has 1 aliphatic rings. The maximum absolute atomic E-state index is 13.1. The molecule has 0 aliphatic heterocycles. The summed E-state index contributed by atoms with van der Waals surface area (Å²) in [5.74, 6) is 0.